The van der Waals surface area contributed by atoms with Gasteiger partial charge in [0, 0.05) is 44.2 Å². The number of nitrogens with zero attached hydrogens (tertiary/aromatic N) is 3. The molecule has 0 saturated carbocycles. The first-order valence-corrected chi connectivity index (χ1v) is 10.4. The third kappa shape index (κ3) is 4.18. The Labute approximate surface area is 171 Å². The average molecular weight is 399 g/mol. The second-order valence-electron chi connectivity index (χ2n) is 7.96. The van der Waals surface area contributed by atoms with E-state index in [4.69, 9.17) is 0 Å². The van der Waals surface area contributed by atoms with Gasteiger partial charge in [0.2, 0.25) is 5.91 Å². The number of hydrogen-bond acceptors (Lipinski definition) is 4. The van der Waals surface area contributed by atoms with Gasteiger partial charge >= 0.3 is 0 Å². The topological polar surface area (TPSA) is 78.0 Å². The van der Waals surface area contributed by atoms with Crippen molar-refractivity contribution in [1.82, 2.24) is 14.7 Å². The molecule has 2 heterocycles. The number of imide groups is 1. The molecular weight excluding hydrogens is 370 g/mol. The second-order valence-corrected chi connectivity index (χ2v) is 7.96. The summed E-state index contributed by atoms with van der Waals surface area (Å²) >= 11 is 0. The predicted molar refractivity (Wildman–Crippen MR) is 109 cm³/mol. The molecule has 2 aliphatic heterocycles. The van der Waals surface area contributed by atoms with Crippen LogP contribution in [0, 0.1) is 0 Å². The van der Waals surface area contributed by atoms with Gasteiger partial charge in [-0.1, -0.05) is 13.3 Å². The zero-order valence-electron chi connectivity index (χ0n) is 17.4. The van der Waals surface area contributed by atoms with E-state index in [1.807, 2.05) is 4.90 Å². The summed E-state index contributed by atoms with van der Waals surface area (Å²) in [6.45, 7) is 7.87. The highest BCUT2D eigenvalue weighted by molar-refractivity contribution is 6.22. The molecule has 7 heteroatoms. The summed E-state index contributed by atoms with van der Waals surface area (Å²) in [5, 5.41) is 0. The van der Waals surface area contributed by atoms with Gasteiger partial charge in [0.05, 0.1) is 11.1 Å². The number of carbonyl (C=O) groups excluding carboxylic acids is 4. The van der Waals surface area contributed by atoms with Crippen molar-refractivity contribution in [2.24, 2.45) is 0 Å². The minimum atomic E-state index is -0.349. The van der Waals surface area contributed by atoms with Crippen LogP contribution in [0.15, 0.2) is 18.2 Å². The Bertz CT molecular complexity index is 833. The number of rotatable bonds is 5. The molecule has 4 amide bonds. The van der Waals surface area contributed by atoms with E-state index in [-0.39, 0.29) is 29.7 Å². The van der Waals surface area contributed by atoms with Crippen LogP contribution in [-0.4, -0.2) is 70.5 Å². The number of hydrogen-bond donors (Lipinski definition) is 0. The van der Waals surface area contributed by atoms with Crippen molar-refractivity contribution >= 4 is 23.6 Å². The highest BCUT2D eigenvalue weighted by Gasteiger charge is 2.37. The van der Waals surface area contributed by atoms with Crippen LogP contribution >= 0.6 is 0 Å². The molecule has 3 rings (SSSR count). The largest absolute Gasteiger partial charge is 0.341 e. The zero-order chi connectivity index (χ0) is 21.1. The minimum absolute atomic E-state index is 0.150. The van der Waals surface area contributed by atoms with Crippen LogP contribution in [0.5, 0.6) is 0 Å². The molecular formula is C22H29N3O4. The van der Waals surface area contributed by atoms with E-state index in [0.29, 0.717) is 49.3 Å². The van der Waals surface area contributed by atoms with Crippen molar-refractivity contribution in [1.29, 1.82) is 0 Å². The first-order chi connectivity index (χ1) is 13.8. The number of amides is 4. The lowest BCUT2D eigenvalue weighted by Gasteiger charge is -2.22. The maximum absolute atomic E-state index is 13.0. The molecule has 1 fully saturated rings. The van der Waals surface area contributed by atoms with Crippen LogP contribution in [0.4, 0.5) is 0 Å². The molecule has 0 spiro atoms. The molecule has 7 nitrogen and oxygen atoms in total. The van der Waals surface area contributed by atoms with Crippen LogP contribution in [-0.2, 0) is 4.79 Å². The SMILES string of the molecule is CCCCC(=O)N1CCCN(C(=O)c2ccc3c(c2)C(=O)N(C(C)C)C3=O)CC1. The Morgan fingerprint density at radius 3 is 2.31 bits per heavy atom. The fourth-order valence-electron chi connectivity index (χ4n) is 3.90. The first-order valence-electron chi connectivity index (χ1n) is 10.4. The Morgan fingerprint density at radius 2 is 1.62 bits per heavy atom. The van der Waals surface area contributed by atoms with E-state index in [9.17, 15) is 19.2 Å². The molecule has 0 atom stereocenters. The summed E-state index contributed by atoms with van der Waals surface area (Å²) < 4.78 is 0. The summed E-state index contributed by atoms with van der Waals surface area (Å²) in [6.07, 6.45) is 3.15. The van der Waals surface area contributed by atoms with E-state index < -0.39 is 0 Å². The van der Waals surface area contributed by atoms with Gasteiger partial charge in [-0.3, -0.25) is 24.1 Å². The van der Waals surface area contributed by atoms with Crippen molar-refractivity contribution in [2.75, 3.05) is 26.2 Å². The van der Waals surface area contributed by atoms with Crippen molar-refractivity contribution < 1.29 is 19.2 Å². The monoisotopic (exact) mass is 399 g/mol. The molecule has 2 aliphatic rings. The molecule has 29 heavy (non-hydrogen) atoms. The Balaban J connectivity index is 1.71. The van der Waals surface area contributed by atoms with Crippen molar-refractivity contribution in [3.05, 3.63) is 34.9 Å². The molecule has 1 aromatic carbocycles. The van der Waals surface area contributed by atoms with E-state index in [1.54, 1.807) is 30.9 Å². The van der Waals surface area contributed by atoms with Crippen molar-refractivity contribution in [3.8, 4) is 0 Å². The molecule has 1 aromatic rings. The lowest BCUT2D eigenvalue weighted by Crippen LogP contribution is -2.37. The normalized spacial score (nSPS) is 17.0. The van der Waals surface area contributed by atoms with Gasteiger partial charge < -0.3 is 9.80 Å². The van der Waals surface area contributed by atoms with E-state index >= 15 is 0 Å². The van der Waals surface area contributed by atoms with Gasteiger partial charge in [0.1, 0.15) is 0 Å². The Kier molecular flexibility index (Phi) is 6.35. The summed E-state index contributed by atoms with van der Waals surface area (Å²) in [5.74, 6) is -0.677. The number of carbonyl (C=O) groups is 4. The van der Waals surface area contributed by atoms with E-state index in [0.717, 1.165) is 19.3 Å². The third-order valence-corrected chi connectivity index (χ3v) is 5.56. The van der Waals surface area contributed by atoms with E-state index in [2.05, 4.69) is 6.92 Å². The van der Waals surface area contributed by atoms with Gasteiger partial charge in [-0.05, 0) is 44.9 Å². The highest BCUT2D eigenvalue weighted by Crippen LogP contribution is 2.26. The van der Waals surface area contributed by atoms with Crippen LogP contribution in [0.25, 0.3) is 0 Å². The van der Waals surface area contributed by atoms with Crippen molar-refractivity contribution in [2.45, 2.75) is 52.5 Å². The number of fused-ring (bicyclic) bond motifs is 1. The molecule has 156 valence electrons. The summed E-state index contributed by atoms with van der Waals surface area (Å²) in [6, 6.07) is 4.49. The standard InChI is InChI=1S/C22H29N3O4/c1-4-5-7-19(26)23-10-6-11-24(13-12-23)20(27)16-8-9-17-18(14-16)22(29)25(15(2)3)21(17)28/h8-9,14-15H,4-7,10-13H2,1-3H3. The summed E-state index contributed by atoms with van der Waals surface area (Å²) in [4.78, 5) is 55.1. The molecule has 1 saturated heterocycles. The second kappa shape index (κ2) is 8.76. The summed E-state index contributed by atoms with van der Waals surface area (Å²) in [7, 11) is 0. The first kappa shape index (κ1) is 21.0. The van der Waals surface area contributed by atoms with Gasteiger partial charge in [-0.2, -0.15) is 0 Å². The van der Waals surface area contributed by atoms with Crippen LogP contribution in [0.2, 0.25) is 0 Å². The molecule has 0 aliphatic carbocycles. The Hall–Kier alpha value is -2.70. The zero-order valence-corrected chi connectivity index (χ0v) is 17.4. The van der Waals surface area contributed by atoms with Gasteiger partial charge in [-0.15, -0.1) is 0 Å². The van der Waals surface area contributed by atoms with Crippen LogP contribution in [0.1, 0.15) is 77.5 Å². The minimum Gasteiger partial charge on any atom is -0.341 e. The molecule has 0 unspecified atom stereocenters. The molecule has 0 radical (unpaired) electrons. The molecule has 0 N–H and O–H groups in total. The molecule has 0 aromatic heterocycles. The lowest BCUT2D eigenvalue weighted by molar-refractivity contribution is -0.131. The smallest absolute Gasteiger partial charge is 0.261 e. The third-order valence-electron chi connectivity index (χ3n) is 5.56. The fraction of sp³-hybridized carbons (Fsp3) is 0.545. The molecule has 0 bridgehead atoms. The quantitative estimate of drug-likeness (QED) is 0.713. The maximum Gasteiger partial charge on any atom is 0.261 e. The van der Waals surface area contributed by atoms with Crippen molar-refractivity contribution in [3.63, 3.8) is 0 Å². The van der Waals surface area contributed by atoms with Gasteiger partial charge in [-0.25, -0.2) is 0 Å². The fourth-order valence-corrected chi connectivity index (χ4v) is 3.90. The van der Waals surface area contributed by atoms with E-state index in [1.165, 1.54) is 11.0 Å². The lowest BCUT2D eigenvalue weighted by atomic mass is 10.0. The average Bonchev–Trinajstić information content (AvgIpc) is 2.86. The Morgan fingerprint density at radius 1 is 0.966 bits per heavy atom. The van der Waals surface area contributed by atoms with Crippen LogP contribution < -0.4 is 0 Å². The van der Waals surface area contributed by atoms with Gasteiger partial charge in [0.15, 0.2) is 0 Å². The number of unbranched alkanes of at least 4 members (excludes halogenated alkanes) is 1. The highest BCUT2D eigenvalue weighted by atomic mass is 16.2. The number of benzene rings is 1. The van der Waals surface area contributed by atoms with Crippen LogP contribution in [0.3, 0.4) is 0 Å². The summed E-state index contributed by atoms with van der Waals surface area (Å²) in [5.41, 5.74) is 1.05. The van der Waals surface area contributed by atoms with Gasteiger partial charge in [0.25, 0.3) is 17.7 Å². The maximum atomic E-state index is 13.0. The predicted octanol–water partition coefficient (Wildman–Crippen LogP) is 2.56.